The van der Waals surface area contributed by atoms with Gasteiger partial charge in [-0.25, -0.2) is 4.79 Å². The van der Waals surface area contributed by atoms with Gasteiger partial charge in [-0.2, -0.15) is 0 Å². The molecule has 17 heavy (non-hydrogen) atoms. The summed E-state index contributed by atoms with van der Waals surface area (Å²) in [7, 11) is 0. The Morgan fingerprint density at radius 1 is 1.47 bits per heavy atom. The molecule has 0 saturated heterocycles. The third-order valence-corrected chi connectivity index (χ3v) is 3.88. The molecule has 0 fully saturated rings. The summed E-state index contributed by atoms with van der Waals surface area (Å²) in [5.41, 5.74) is 0.694. The second-order valence-corrected chi connectivity index (χ2v) is 4.93. The summed E-state index contributed by atoms with van der Waals surface area (Å²) in [5.74, 6) is -0.657. The number of aromatic carboxylic acids is 1. The van der Waals surface area contributed by atoms with E-state index in [2.05, 4.69) is 21.1 Å². The summed E-state index contributed by atoms with van der Waals surface area (Å²) in [6.45, 7) is 0. The molecule has 2 rings (SSSR count). The summed E-state index contributed by atoms with van der Waals surface area (Å²) in [6, 6.07) is 7.08. The Morgan fingerprint density at radius 2 is 2.24 bits per heavy atom. The maximum atomic E-state index is 10.7. The number of hydrogen-bond acceptors (Lipinski definition) is 4. The Labute approximate surface area is 110 Å². The van der Waals surface area contributed by atoms with Gasteiger partial charge >= 0.3 is 5.97 Å². The van der Waals surface area contributed by atoms with Crippen LogP contribution in [0.1, 0.15) is 10.5 Å². The van der Waals surface area contributed by atoms with Gasteiger partial charge < -0.3 is 9.63 Å². The highest BCUT2D eigenvalue weighted by molar-refractivity contribution is 9.10. The molecular weight excluding hydrogens is 306 g/mol. The molecule has 0 spiro atoms. The van der Waals surface area contributed by atoms with Gasteiger partial charge in [-0.05, 0) is 40.4 Å². The van der Waals surface area contributed by atoms with Crippen LogP contribution in [0.5, 0.6) is 0 Å². The quantitative estimate of drug-likeness (QED) is 0.878. The molecule has 1 aromatic heterocycles. The zero-order chi connectivity index (χ0) is 12.4. The molecule has 0 radical (unpaired) electrons. The van der Waals surface area contributed by atoms with E-state index in [9.17, 15) is 4.79 Å². The summed E-state index contributed by atoms with van der Waals surface area (Å²) in [4.78, 5) is 11.8. The Morgan fingerprint density at radius 3 is 2.76 bits per heavy atom. The molecule has 1 aromatic carbocycles. The van der Waals surface area contributed by atoms with E-state index >= 15 is 0 Å². The van der Waals surface area contributed by atoms with Crippen molar-refractivity contribution >= 4 is 33.7 Å². The van der Waals surface area contributed by atoms with Crippen LogP contribution in [-0.4, -0.2) is 22.5 Å². The van der Waals surface area contributed by atoms with Crippen LogP contribution < -0.4 is 0 Å². The molecule has 0 unspecified atom stereocenters. The molecule has 0 aliphatic carbocycles. The number of carboxylic acids is 1. The molecule has 88 valence electrons. The topological polar surface area (TPSA) is 63.3 Å². The van der Waals surface area contributed by atoms with Crippen LogP contribution in [0.15, 0.2) is 38.2 Å². The first-order valence-electron chi connectivity index (χ1n) is 4.65. The van der Waals surface area contributed by atoms with Gasteiger partial charge in [0.2, 0.25) is 0 Å². The van der Waals surface area contributed by atoms with E-state index in [1.807, 2.05) is 24.5 Å². The largest absolute Gasteiger partial charge is 0.476 e. The molecule has 4 nitrogen and oxygen atoms in total. The van der Waals surface area contributed by atoms with Crippen LogP contribution in [0.3, 0.4) is 0 Å². The number of hydrogen-bond donors (Lipinski definition) is 1. The van der Waals surface area contributed by atoms with E-state index in [0.29, 0.717) is 5.76 Å². The first-order valence-corrected chi connectivity index (χ1v) is 6.67. The van der Waals surface area contributed by atoms with Gasteiger partial charge in [0, 0.05) is 21.0 Å². The van der Waals surface area contributed by atoms with Gasteiger partial charge in [0.05, 0.1) is 0 Å². The number of carbonyl (C=O) groups is 1. The fourth-order valence-corrected chi connectivity index (χ4v) is 2.65. The van der Waals surface area contributed by atoms with Gasteiger partial charge in [0.15, 0.2) is 11.5 Å². The van der Waals surface area contributed by atoms with E-state index in [-0.39, 0.29) is 5.69 Å². The van der Waals surface area contributed by atoms with Crippen molar-refractivity contribution in [3.05, 3.63) is 34.4 Å². The molecule has 0 atom stereocenters. The predicted molar refractivity (Wildman–Crippen MR) is 68.4 cm³/mol. The molecular formula is C11H8BrNO3S. The molecule has 1 N–H and O–H groups in total. The SMILES string of the molecule is CSc1ccc(-c2cc(C(=O)O)no2)cc1Br. The van der Waals surface area contributed by atoms with Crippen molar-refractivity contribution in [3.8, 4) is 11.3 Å². The van der Waals surface area contributed by atoms with Crippen LogP contribution in [0, 0.1) is 0 Å². The predicted octanol–water partition coefficient (Wildman–Crippen LogP) is 3.52. The third-order valence-electron chi connectivity index (χ3n) is 2.17. The maximum absolute atomic E-state index is 10.7. The maximum Gasteiger partial charge on any atom is 0.358 e. The number of carboxylic acid groups (broad SMARTS) is 1. The fourth-order valence-electron chi connectivity index (χ4n) is 1.33. The minimum atomic E-state index is -1.10. The first-order chi connectivity index (χ1) is 8.11. The lowest BCUT2D eigenvalue weighted by Crippen LogP contribution is -1.94. The van der Waals surface area contributed by atoms with E-state index in [1.54, 1.807) is 11.8 Å². The summed E-state index contributed by atoms with van der Waals surface area (Å²) in [5, 5.41) is 12.2. The Kier molecular flexibility index (Phi) is 3.54. The number of nitrogens with zero attached hydrogens (tertiary/aromatic N) is 1. The minimum Gasteiger partial charge on any atom is -0.476 e. The summed E-state index contributed by atoms with van der Waals surface area (Å²) >= 11 is 5.06. The van der Waals surface area contributed by atoms with Crippen LogP contribution in [0.25, 0.3) is 11.3 Å². The highest BCUT2D eigenvalue weighted by Crippen LogP contribution is 2.31. The van der Waals surface area contributed by atoms with E-state index < -0.39 is 5.97 Å². The first kappa shape index (κ1) is 12.2. The van der Waals surface area contributed by atoms with Crippen LogP contribution in [-0.2, 0) is 0 Å². The summed E-state index contributed by atoms with van der Waals surface area (Å²) < 4.78 is 5.92. The standard InChI is InChI=1S/C11H8BrNO3S/c1-17-10-3-2-6(4-7(10)12)9-5-8(11(14)15)13-16-9/h2-5H,1H3,(H,14,15). The molecule has 6 heteroatoms. The molecule has 0 saturated carbocycles. The zero-order valence-electron chi connectivity index (χ0n) is 8.81. The van der Waals surface area contributed by atoms with Crippen molar-refractivity contribution in [1.82, 2.24) is 5.16 Å². The number of thioether (sulfide) groups is 1. The molecule has 0 aliphatic heterocycles. The number of aromatic nitrogens is 1. The number of benzene rings is 1. The lowest BCUT2D eigenvalue weighted by Gasteiger charge is -2.02. The molecule has 1 heterocycles. The van der Waals surface area contributed by atoms with Crippen LogP contribution >= 0.6 is 27.7 Å². The molecule has 0 amide bonds. The molecule has 0 aliphatic rings. The average molecular weight is 314 g/mol. The van der Waals surface area contributed by atoms with Gasteiger partial charge in [0.25, 0.3) is 0 Å². The van der Waals surface area contributed by atoms with Crippen molar-refractivity contribution in [2.45, 2.75) is 4.90 Å². The van der Waals surface area contributed by atoms with Crippen LogP contribution in [0.2, 0.25) is 0 Å². The van der Waals surface area contributed by atoms with Gasteiger partial charge in [0.1, 0.15) is 0 Å². The fraction of sp³-hybridized carbons (Fsp3) is 0.0909. The lowest BCUT2D eigenvalue weighted by atomic mass is 10.1. The Balaban J connectivity index is 2.39. The van der Waals surface area contributed by atoms with E-state index in [0.717, 1.165) is 14.9 Å². The highest BCUT2D eigenvalue weighted by atomic mass is 79.9. The number of rotatable bonds is 3. The Hall–Kier alpha value is -1.27. The van der Waals surface area contributed by atoms with Crippen molar-refractivity contribution < 1.29 is 14.4 Å². The zero-order valence-corrected chi connectivity index (χ0v) is 11.2. The van der Waals surface area contributed by atoms with Crippen molar-refractivity contribution in [2.75, 3.05) is 6.26 Å². The van der Waals surface area contributed by atoms with Gasteiger partial charge in [-0.1, -0.05) is 5.16 Å². The van der Waals surface area contributed by atoms with E-state index in [1.165, 1.54) is 6.07 Å². The van der Waals surface area contributed by atoms with Crippen molar-refractivity contribution in [2.24, 2.45) is 0 Å². The van der Waals surface area contributed by atoms with Gasteiger partial charge in [-0.3, -0.25) is 0 Å². The minimum absolute atomic E-state index is 0.0925. The number of halogens is 1. The molecule has 0 bridgehead atoms. The third kappa shape index (κ3) is 2.53. The lowest BCUT2D eigenvalue weighted by molar-refractivity contribution is 0.0686. The monoisotopic (exact) mass is 313 g/mol. The smallest absolute Gasteiger partial charge is 0.358 e. The second kappa shape index (κ2) is 4.93. The highest BCUT2D eigenvalue weighted by Gasteiger charge is 2.12. The average Bonchev–Trinajstić information content (AvgIpc) is 2.78. The second-order valence-electron chi connectivity index (χ2n) is 3.23. The normalized spacial score (nSPS) is 10.5. The van der Waals surface area contributed by atoms with E-state index in [4.69, 9.17) is 9.63 Å². The van der Waals surface area contributed by atoms with Crippen molar-refractivity contribution in [1.29, 1.82) is 0 Å². The summed E-state index contributed by atoms with van der Waals surface area (Å²) in [6.07, 6.45) is 1.98. The van der Waals surface area contributed by atoms with Gasteiger partial charge in [-0.15, -0.1) is 11.8 Å². The van der Waals surface area contributed by atoms with Crippen LogP contribution in [0.4, 0.5) is 0 Å². The molecule has 2 aromatic rings. The Bertz CT molecular complexity index is 568. The van der Waals surface area contributed by atoms with Crippen molar-refractivity contribution in [3.63, 3.8) is 0 Å².